The van der Waals surface area contributed by atoms with E-state index in [4.69, 9.17) is 0 Å². The summed E-state index contributed by atoms with van der Waals surface area (Å²) in [7, 11) is -4.00. The van der Waals surface area contributed by atoms with Gasteiger partial charge >= 0.3 is 209 Å². The maximum Gasteiger partial charge on any atom is 0.0267 e. The van der Waals surface area contributed by atoms with Gasteiger partial charge < -0.3 is 0 Å². The fourth-order valence-electron chi connectivity index (χ4n) is 4.00. The Balaban J connectivity index is 0.000000477. The predicted octanol–water partition coefficient (Wildman–Crippen LogP) is 5.52. The van der Waals surface area contributed by atoms with Gasteiger partial charge in [0.2, 0.25) is 0 Å². The Hall–Kier alpha value is -4.25. The quantitative estimate of drug-likeness (QED) is 0.127. The molecule has 2 heterocycles. The van der Waals surface area contributed by atoms with Crippen LogP contribution in [0.2, 0.25) is 0 Å². The normalized spacial score (nSPS) is 11.0. The molecule has 40 heavy (non-hydrogen) atoms. The average Bonchev–Trinajstić information content (AvgIpc) is 3.01. The molecule has 0 unspecified atom stereocenters. The van der Waals surface area contributed by atoms with Crippen molar-refractivity contribution in [3.05, 3.63) is 144 Å². The van der Waals surface area contributed by atoms with Crippen molar-refractivity contribution < 1.29 is 13.3 Å². The van der Waals surface area contributed by atoms with E-state index < -0.39 is 38.8 Å². The first-order chi connectivity index (χ1) is 19.4. The summed E-state index contributed by atoms with van der Waals surface area (Å²) in [6.07, 6.45) is 5.20. The Labute approximate surface area is 243 Å². The third kappa shape index (κ3) is 5.99. The van der Waals surface area contributed by atoms with Crippen LogP contribution in [0, 0.1) is 10.1 Å². The second kappa shape index (κ2) is 12.3. The van der Waals surface area contributed by atoms with Crippen molar-refractivity contribution in [2.24, 2.45) is 0 Å². The Morgan fingerprint density at radius 2 is 1.38 bits per heavy atom. The second-order valence-electron chi connectivity index (χ2n) is 8.43. The molecule has 6 rings (SSSR count). The molecule has 0 radical (unpaired) electrons. The predicted molar refractivity (Wildman–Crippen MR) is 158 cm³/mol. The van der Waals surface area contributed by atoms with Gasteiger partial charge in [-0.3, -0.25) is 4.98 Å². The Morgan fingerprint density at radius 1 is 0.700 bits per heavy atom. The summed E-state index contributed by atoms with van der Waals surface area (Å²) >= 11 is -1.86. The van der Waals surface area contributed by atoms with E-state index in [2.05, 4.69) is 9.97 Å². The van der Waals surface area contributed by atoms with Crippen molar-refractivity contribution in [3.63, 3.8) is 0 Å². The van der Waals surface area contributed by atoms with Crippen molar-refractivity contribution in [3.8, 4) is 0 Å². The molecule has 10 heteroatoms. The molecule has 198 valence electrons. The van der Waals surface area contributed by atoms with Crippen LogP contribution in [0.5, 0.6) is 0 Å². The van der Waals surface area contributed by atoms with Gasteiger partial charge in [0.25, 0.3) is 0 Å². The fourth-order valence-corrected chi connectivity index (χ4v) is 10.9. The third-order valence-corrected chi connectivity index (χ3v) is 13.6. The zero-order valence-corrected chi connectivity index (χ0v) is 24.9. The Morgan fingerprint density at radius 3 is 2.02 bits per heavy atom. The zero-order chi connectivity index (χ0) is 28.0. The molecule has 0 aliphatic rings. The van der Waals surface area contributed by atoms with Gasteiger partial charge in [-0.05, 0) is 12.1 Å². The van der Waals surface area contributed by atoms with Crippen molar-refractivity contribution in [1.29, 1.82) is 0 Å². The van der Waals surface area contributed by atoms with E-state index in [9.17, 15) is 18.5 Å². The van der Waals surface area contributed by atoms with Gasteiger partial charge in [0.15, 0.2) is 0 Å². The summed E-state index contributed by atoms with van der Waals surface area (Å²) in [6, 6.07) is 33.6. The van der Waals surface area contributed by atoms with Gasteiger partial charge in [0, 0.05) is 12.4 Å². The van der Waals surface area contributed by atoms with Crippen LogP contribution < -0.4 is 5.43 Å². The maximum atomic E-state index is 14.0. The molecular formula is C30H22N4O4PoS. The number of non-ortho nitro benzene ring substituents is 1. The molecule has 0 amide bonds. The molecule has 2 aromatic heterocycles. The van der Waals surface area contributed by atoms with E-state index in [1.54, 1.807) is 18.6 Å². The monoisotopic (exact) mass is 743 g/mol. The first kappa shape index (κ1) is 27.3. The van der Waals surface area contributed by atoms with Crippen LogP contribution in [0.25, 0.3) is 21.7 Å². The summed E-state index contributed by atoms with van der Waals surface area (Å²) in [5.74, 6) is 0. The number of aromatic nitrogens is 2. The van der Waals surface area contributed by atoms with Crippen molar-refractivity contribution >= 4 is 70.2 Å². The number of fused-ring (bicyclic) bond motifs is 3. The second-order valence-corrected chi connectivity index (χ2v) is 15.2. The SMILES string of the molecule is O=[N+]([O-])c1ccc(S(=O)(=O)[N]([Po][c]2ccccc2)c2cccc3ccc4cccnc4c23)cc1.c1ccncc1. The minimum atomic E-state index is -4.00. The average molecular weight is 744 g/mol. The maximum absolute atomic E-state index is 14.0. The van der Waals surface area contributed by atoms with E-state index in [1.165, 1.54) is 26.5 Å². The van der Waals surface area contributed by atoms with Crippen molar-refractivity contribution in [2.75, 3.05) is 2.20 Å². The summed E-state index contributed by atoms with van der Waals surface area (Å²) in [4.78, 5) is 18.9. The van der Waals surface area contributed by atoms with E-state index in [0.717, 1.165) is 24.9 Å². The largest absolute Gasteiger partial charge is 0.265 e. The first-order valence-electron chi connectivity index (χ1n) is 12.1. The number of pyridine rings is 2. The molecule has 4 aromatic carbocycles. The summed E-state index contributed by atoms with van der Waals surface area (Å²) < 4.78 is 30.4. The smallest absolute Gasteiger partial charge is 0.0267 e. The molecule has 0 atom stereocenters. The molecule has 0 bridgehead atoms. The van der Waals surface area contributed by atoms with Crippen LogP contribution in [0.15, 0.2) is 139 Å². The number of anilines is 1. The number of sulfonamides is 1. The van der Waals surface area contributed by atoms with E-state index in [0.29, 0.717) is 5.69 Å². The van der Waals surface area contributed by atoms with Crippen molar-refractivity contribution in [2.45, 2.75) is 4.90 Å². The van der Waals surface area contributed by atoms with Gasteiger partial charge in [-0.1, -0.05) is 6.07 Å². The molecule has 0 fully saturated rings. The molecule has 8 nitrogen and oxygen atoms in total. The van der Waals surface area contributed by atoms with E-state index >= 15 is 0 Å². The van der Waals surface area contributed by atoms with Gasteiger partial charge in [0.1, 0.15) is 0 Å². The summed E-state index contributed by atoms with van der Waals surface area (Å²) in [6.45, 7) is 0. The van der Waals surface area contributed by atoms with Gasteiger partial charge in [0.05, 0.1) is 0 Å². The standard InChI is InChI=1S/C19H12N3O4S.C6H5.C5H5N.Po/c23-22(24)15-8-10-16(11-9-15)27(25,26)21-17-5-1-3-13-6-7-14-4-2-12-20-19(14)18(13)17;2*1-2-4-6-5-3-1;/h1-12H;2*1-5H;/q-1;;;+1. The van der Waals surface area contributed by atoms with Gasteiger partial charge in [-0.25, -0.2) is 0 Å². The number of hydrogen-bond donors (Lipinski definition) is 0. The van der Waals surface area contributed by atoms with Crippen LogP contribution in [0.1, 0.15) is 0 Å². The zero-order valence-electron chi connectivity index (χ0n) is 20.9. The molecule has 6 aromatic rings. The number of benzene rings is 4. The number of rotatable bonds is 6. The molecule has 0 aliphatic heterocycles. The Bertz CT molecular complexity index is 1850. The van der Waals surface area contributed by atoms with Crippen LogP contribution >= 0.6 is 0 Å². The van der Waals surface area contributed by atoms with Crippen LogP contribution in [-0.2, 0) is 10.0 Å². The Kier molecular flexibility index (Phi) is 8.39. The number of nitro groups is 1. The fraction of sp³-hybridized carbons (Fsp3) is 0. The molecular weight excluding hydrogens is 721 g/mol. The van der Waals surface area contributed by atoms with E-state index in [-0.39, 0.29) is 10.6 Å². The van der Waals surface area contributed by atoms with Crippen LogP contribution in [-0.4, -0.2) is 47.2 Å². The molecule has 0 saturated carbocycles. The summed E-state index contributed by atoms with van der Waals surface area (Å²) in [5, 5.41) is 13.6. The topological polar surface area (TPSA) is 106 Å². The number of nitrogens with zero attached hydrogens (tertiary/aromatic N) is 4. The minimum Gasteiger partial charge on any atom is -0.265 e. The molecule has 0 N–H and O–H groups in total. The first-order valence-corrected chi connectivity index (χ1v) is 16.5. The van der Waals surface area contributed by atoms with Crippen molar-refractivity contribution in [1.82, 2.24) is 9.97 Å². The minimum absolute atomic E-state index is 0.0132. The number of hydrogen-bond acceptors (Lipinski definition) is 6. The molecule has 0 saturated heterocycles. The summed E-state index contributed by atoms with van der Waals surface area (Å²) in [5.41, 5.74) is 1.13. The van der Waals surface area contributed by atoms with Crippen LogP contribution in [0.3, 0.4) is 0 Å². The van der Waals surface area contributed by atoms with E-state index in [1.807, 2.05) is 91.0 Å². The number of nitro benzene ring substituents is 1. The van der Waals surface area contributed by atoms with Crippen LogP contribution in [0.4, 0.5) is 11.4 Å². The molecule has 0 spiro atoms. The molecule has 0 aliphatic carbocycles. The third-order valence-electron chi connectivity index (χ3n) is 5.85. The van der Waals surface area contributed by atoms with Gasteiger partial charge in [-0.2, -0.15) is 0 Å². The van der Waals surface area contributed by atoms with Gasteiger partial charge in [-0.15, -0.1) is 0 Å².